The fourth-order valence-corrected chi connectivity index (χ4v) is 8.14. The van der Waals surface area contributed by atoms with Gasteiger partial charge in [0.15, 0.2) is 5.84 Å². The van der Waals surface area contributed by atoms with Crippen LogP contribution < -0.4 is 15.8 Å². The number of amidine groups is 2. The summed E-state index contributed by atoms with van der Waals surface area (Å²) in [5.41, 5.74) is 10.4. The van der Waals surface area contributed by atoms with E-state index >= 15 is 0 Å². The van der Waals surface area contributed by atoms with Crippen LogP contribution in [-0.4, -0.2) is 22.4 Å². The average molecular weight is 739 g/mol. The first-order chi connectivity index (χ1) is 27.1. The topological polar surface area (TPSA) is 41.7 Å². The number of aliphatic imine (C=N–C) groups is 2. The third-order valence-electron chi connectivity index (χ3n) is 10.5. The molecule has 7 aromatic rings. The van der Waals surface area contributed by atoms with Crippen LogP contribution in [0.4, 0.5) is 13.2 Å². The molecule has 0 saturated heterocycles. The Bertz CT molecular complexity index is 2940. The summed E-state index contributed by atoms with van der Waals surface area (Å²) in [4.78, 5) is 10.0. The lowest BCUT2D eigenvalue weighted by Gasteiger charge is -2.19. The first-order valence-electron chi connectivity index (χ1n) is 18.6. The second-order valence-corrected chi connectivity index (χ2v) is 14.4. The Morgan fingerprint density at radius 1 is 0.625 bits per heavy atom. The first kappa shape index (κ1) is 35.0. The number of nitrogens with zero attached hydrogens (tertiary/aromatic N) is 3. The van der Waals surface area contributed by atoms with E-state index in [1.165, 1.54) is 28.3 Å². The van der Waals surface area contributed by atoms with Crippen molar-refractivity contribution in [3.8, 4) is 16.8 Å². The van der Waals surface area contributed by atoms with E-state index in [1.807, 2.05) is 91.0 Å². The van der Waals surface area contributed by atoms with E-state index in [0.717, 1.165) is 50.3 Å². The van der Waals surface area contributed by atoms with Crippen LogP contribution in [0.15, 0.2) is 167 Å². The van der Waals surface area contributed by atoms with Crippen molar-refractivity contribution >= 4 is 44.9 Å². The first-order valence-corrected chi connectivity index (χ1v) is 18.6. The number of halogens is 3. The number of aryl methyl sites for hydroxylation is 3. The van der Waals surface area contributed by atoms with Crippen molar-refractivity contribution in [3.05, 3.63) is 196 Å². The molecule has 9 rings (SSSR count). The highest BCUT2D eigenvalue weighted by Crippen LogP contribution is 2.37. The Labute approximate surface area is 322 Å². The number of allylic oxidation sites excluding steroid dienone is 4. The van der Waals surface area contributed by atoms with Crippen molar-refractivity contribution in [1.82, 2.24) is 9.88 Å². The molecule has 0 fully saturated rings. The molecule has 2 heterocycles. The van der Waals surface area contributed by atoms with Gasteiger partial charge >= 0.3 is 6.18 Å². The van der Waals surface area contributed by atoms with Gasteiger partial charge in [0.1, 0.15) is 11.7 Å². The van der Waals surface area contributed by atoms with Crippen molar-refractivity contribution in [1.29, 1.82) is 0 Å². The highest BCUT2D eigenvalue weighted by atomic mass is 19.4. The fourth-order valence-electron chi connectivity index (χ4n) is 8.14. The molecule has 2 aliphatic rings. The maximum Gasteiger partial charge on any atom is 0.416 e. The zero-order valence-corrected chi connectivity index (χ0v) is 31.1. The van der Waals surface area contributed by atoms with E-state index in [0.29, 0.717) is 39.9 Å². The molecule has 6 aromatic carbocycles. The standard InChI is InChI=1S/C49H37F3N4/c1-30-25-31(2)45(32(3)26-30)36-21-23-41-40-19-10-11-20-43(40)56(44(41)28-36)38-22-24-39(35-17-12-18-37(27-35)49(50,51)52)42(29-38)48-54-46(33-13-6-4-7-14-33)53-47(55-48)34-15-8-5-9-16-34/h4-16,18-29H,17H2,1-3H3,(H,53,54,55). The zero-order valence-electron chi connectivity index (χ0n) is 31.1. The minimum Gasteiger partial charge on any atom is -0.324 e. The lowest BCUT2D eigenvalue weighted by Crippen LogP contribution is -2.38. The number of benzene rings is 6. The van der Waals surface area contributed by atoms with Crippen LogP contribution in [0.1, 0.15) is 34.2 Å². The molecule has 0 unspecified atom stereocenters. The van der Waals surface area contributed by atoms with E-state index in [9.17, 15) is 13.2 Å². The Balaban J connectivity index is 1.36. The molecule has 1 aromatic heterocycles. The molecule has 0 bridgehead atoms. The van der Waals surface area contributed by atoms with Crippen LogP contribution in [0.3, 0.4) is 0 Å². The summed E-state index contributed by atoms with van der Waals surface area (Å²) in [6.07, 6.45) is -0.160. The summed E-state index contributed by atoms with van der Waals surface area (Å²) in [6.45, 7) is 6.43. The largest absolute Gasteiger partial charge is 0.416 e. The van der Waals surface area contributed by atoms with E-state index in [-0.39, 0.29) is 0 Å². The molecule has 274 valence electrons. The molecule has 1 aliphatic heterocycles. The summed E-state index contributed by atoms with van der Waals surface area (Å²) in [5, 5.41) is 7.02. The number of hydrogen-bond acceptors (Lipinski definition) is 3. The van der Waals surface area contributed by atoms with Crippen molar-refractivity contribution in [2.75, 3.05) is 0 Å². The van der Waals surface area contributed by atoms with Crippen LogP contribution in [0.25, 0.3) is 50.0 Å². The molecule has 0 amide bonds. The van der Waals surface area contributed by atoms with Gasteiger partial charge < -0.3 is 9.88 Å². The van der Waals surface area contributed by atoms with Crippen LogP contribution in [-0.2, 0) is 0 Å². The maximum atomic E-state index is 14.1. The normalized spacial score (nSPS) is 16.4. The van der Waals surface area contributed by atoms with Crippen LogP contribution in [0.2, 0.25) is 0 Å². The molecule has 1 N–H and O–H groups in total. The molecule has 56 heavy (non-hydrogen) atoms. The quantitative estimate of drug-likeness (QED) is 0.192. The van der Waals surface area contributed by atoms with Crippen LogP contribution in [0.5, 0.6) is 0 Å². The second-order valence-electron chi connectivity index (χ2n) is 14.4. The number of para-hydroxylation sites is 1. The molecular weight excluding hydrogens is 702 g/mol. The lowest BCUT2D eigenvalue weighted by atomic mass is 9.93. The van der Waals surface area contributed by atoms with Crippen LogP contribution >= 0.6 is 0 Å². The molecule has 4 nitrogen and oxygen atoms in total. The second kappa shape index (κ2) is 13.8. The summed E-state index contributed by atoms with van der Waals surface area (Å²) < 4.78 is 44.7. The van der Waals surface area contributed by atoms with Gasteiger partial charge in [-0.15, -0.1) is 0 Å². The molecule has 0 radical (unpaired) electrons. The molecule has 1 aliphatic carbocycles. The Hall–Kier alpha value is -6.73. The summed E-state index contributed by atoms with van der Waals surface area (Å²) >= 11 is 0. The molecule has 0 spiro atoms. The van der Waals surface area contributed by atoms with Gasteiger partial charge in [0.2, 0.25) is 0 Å². The van der Waals surface area contributed by atoms with Gasteiger partial charge in [0, 0.05) is 32.8 Å². The fraction of sp³-hybridized carbons (Fsp3) is 0.102. The monoisotopic (exact) mass is 738 g/mol. The van der Waals surface area contributed by atoms with E-state index in [4.69, 9.17) is 9.98 Å². The van der Waals surface area contributed by atoms with Gasteiger partial charge in [0.05, 0.1) is 16.6 Å². The van der Waals surface area contributed by atoms with E-state index < -0.39 is 11.7 Å². The van der Waals surface area contributed by atoms with Gasteiger partial charge in [-0.2, -0.15) is 13.2 Å². The van der Waals surface area contributed by atoms with Crippen molar-refractivity contribution in [2.24, 2.45) is 9.98 Å². The summed E-state index contributed by atoms with van der Waals surface area (Å²) in [6, 6.07) is 44.9. The van der Waals surface area contributed by atoms with E-state index in [1.54, 1.807) is 6.08 Å². The predicted octanol–water partition coefficient (Wildman–Crippen LogP) is 10.5. The van der Waals surface area contributed by atoms with Crippen LogP contribution in [0, 0.1) is 20.8 Å². The minimum atomic E-state index is -4.49. The van der Waals surface area contributed by atoms with Gasteiger partial charge in [-0.25, -0.2) is 9.98 Å². The van der Waals surface area contributed by atoms with Crippen molar-refractivity contribution in [2.45, 2.75) is 33.4 Å². The number of hydrogen-bond donors (Lipinski definition) is 1. The summed E-state index contributed by atoms with van der Waals surface area (Å²) in [5.74, 6) is 1.59. The third kappa shape index (κ3) is 6.35. The number of fused-ring (bicyclic) bond motifs is 3. The number of nitrogens with one attached hydrogen (secondary N) is 1. The Morgan fingerprint density at radius 2 is 1.30 bits per heavy atom. The van der Waals surface area contributed by atoms with Gasteiger partial charge in [0.25, 0.3) is 0 Å². The number of alkyl halides is 3. The molecule has 0 saturated carbocycles. The molecular formula is C49H37F3N4. The highest BCUT2D eigenvalue weighted by molar-refractivity contribution is 6.16. The maximum absolute atomic E-state index is 14.1. The van der Waals surface area contributed by atoms with E-state index in [2.05, 4.69) is 73.1 Å². The Kier molecular flexibility index (Phi) is 8.65. The third-order valence-corrected chi connectivity index (χ3v) is 10.5. The van der Waals surface area contributed by atoms with Crippen molar-refractivity contribution in [3.63, 3.8) is 0 Å². The van der Waals surface area contributed by atoms with Gasteiger partial charge in [-0.3, -0.25) is 0 Å². The Morgan fingerprint density at radius 3 is 2.04 bits per heavy atom. The number of rotatable bonds is 4. The smallest absolute Gasteiger partial charge is 0.324 e. The summed E-state index contributed by atoms with van der Waals surface area (Å²) in [7, 11) is 0. The molecule has 7 heteroatoms. The lowest BCUT2D eigenvalue weighted by molar-refractivity contribution is -0.0882. The highest BCUT2D eigenvalue weighted by Gasteiger charge is 2.33. The van der Waals surface area contributed by atoms with Crippen molar-refractivity contribution < 1.29 is 13.2 Å². The zero-order chi connectivity index (χ0) is 38.6. The van der Waals surface area contributed by atoms with Gasteiger partial charge in [-0.05, 0) is 90.6 Å². The SMILES string of the molecule is Cc1cc(C)c(-c2ccc3c4ccccc4n(-c4ccc(=C5C=C(C(F)(F)F)C=CC5)c(=C5N=C(c6ccccc6)N=C(c6ccccc6)N5)c4)c3c2)c(C)c1. The number of aromatic nitrogens is 1. The molecule has 0 atom stereocenters. The minimum absolute atomic E-state index is 0.335. The average Bonchev–Trinajstić information content (AvgIpc) is 3.54. The predicted molar refractivity (Wildman–Crippen MR) is 223 cm³/mol. The van der Waals surface area contributed by atoms with Gasteiger partial charge in [-0.1, -0.05) is 127 Å².